The molecule has 3 N–H and O–H groups in total. The summed E-state index contributed by atoms with van der Waals surface area (Å²) < 4.78 is 75.2. The van der Waals surface area contributed by atoms with Gasteiger partial charge >= 0.3 is 27.3 Å². The number of esters is 1. The Morgan fingerprint density at radius 2 is 1.85 bits per heavy atom. The number of hydrogen-bond donors (Lipinski definition) is 3. The van der Waals surface area contributed by atoms with Gasteiger partial charge in [-0.1, -0.05) is 6.07 Å². The van der Waals surface area contributed by atoms with Crippen LogP contribution in [0.1, 0.15) is 37.2 Å². The van der Waals surface area contributed by atoms with Crippen LogP contribution >= 0.6 is 15.2 Å². The second-order valence-corrected chi connectivity index (χ2v) is 13.2. The minimum atomic E-state index is -5.50. The van der Waals surface area contributed by atoms with Gasteiger partial charge in [-0.3, -0.25) is 28.0 Å². The van der Waals surface area contributed by atoms with Crippen LogP contribution < -0.4 is 4.74 Å². The summed E-state index contributed by atoms with van der Waals surface area (Å²) in [6.45, 7) is 1.37. The predicted molar refractivity (Wildman–Crippen MR) is 126 cm³/mol. The number of aliphatic hydroxyl groups is 1. The lowest BCUT2D eigenvalue weighted by atomic mass is 10.2. The third kappa shape index (κ3) is 5.90. The van der Waals surface area contributed by atoms with E-state index in [1.807, 2.05) is 0 Å². The van der Waals surface area contributed by atoms with Crippen molar-refractivity contribution in [2.24, 2.45) is 0 Å². The minimum absolute atomic E-state index is 0.0748. The number of rotatable bonds is 6. The first-order chi connectivity index (χ1) is 18.2. The molecule has 2 saturated heterocycles. The molecule has 3 atom stereocenters. The Kier molecular flexibility index (Phi) is 8.25. The number of likely N-dealkylation sites (tertiary alicyclic amines) is 1. The molecule has 0 aliphatic carbocycles. The van der Waals surface area contributed by atoms with Gasteiger partial charge in [-0.25, -0.2) is 13.6 Å². The molecule has 3 heterocycles. The maximum atomic E-state index is 15.0. The highest BCUT2D eigenvalue weighted by Crippen LogP contribution is 2.79. The number of nitrogens with zero attached hydrogens (tertiary/aromatic N) is 2. The largest absolute Gasteiger partial charge is 0.464 e. The van der Waals surface area contributed by atoms with E-state index in [1.54, 1.807) is 0 Å². The maximum absolute atomic E-state index is 15.0. The molecular formula is C22H24F2N2O11P2. The number of carbonyl (C=O) groups is 2. The third-order valence-electron chi connectivity index (χ3n) is 6.13. The van der Waals surface area contributed by atoms with Crippen LogP contribution in [0.25, 0.3) is 0 Å². The van der Waals surface area contributed by atoms with Crippen molar-refractivity contribution < 1.29 is 60.9 Å². The van der Waals surface area contributed by atoms with Gasteiger partial charge in [-0.05, 0) is 24.5 Å². The zero-order valence-electron chi connectivity index (χ0n) is 20.3. The Bertz CT molecular complexity index is 1310. The molecule has 13 nitrogen and oxygen atoms in total. The van der Waals surface area contributed by atoms with Crippen LogP contribution in [0.15, 0.2) is 36.7 Å². The second kappa shape index (κ2) is 11.0. The Hall–Kier alpha value is -2.77. The lowest BCUT2D eigenvalue weighted by Crippen LogP contribution is -2.40. The molecule has 0 spiro atoms. The molecule has 2 aliphatic heterocycles. The van der Waals surface area contributed by atoms with Gasteiger partial charge < -0.3 is 29.3 Å². The molecule has 2 unspecified atom stereocenters. The van der Waals surface area contributed by atoms with Crippen LogP contribution in [0.3, 0.4) is 0 Å². The Morgan fingerprint density at radius 3 is 2.41 bits per heavy atom. The molecule has 1 aromatic heterocycles. The SMILES string of the molecule is CC(=O)OC[C@@H]1CCCN1C(=O)Oc1cc(F)c(C2OP(=O)(O)C(O)(Cc3cccnc3)P(=O)(O)O2)c(F)c1. The van der Waals surface area contributed by atoms with Crippen LogP contribution in [-0.4, -0.2) is 61.1 Å². The highest BCUT2D eigenvalue weighted by molar-refractivity contribution is 7.73. The van der Waals surface area contributed by atoms with Gasteiger partial charge in [-0.15, -0.1) is 0 Å². The molecule has 0 bridgehead atoms. The summed E-state index contributed by atoms with van der Waals surface area (Å²) in [5.41, 5.74) is -1.10. The van der Waals surface area contributed by atoms with Crippen molar-refractivity contribution in [3.8, 4) is 5.75 Å². The fraction of sp³-hybridized carbons (Fsp3) is 0.409. The van der Waals surface area contributed by atoms with E-state index in [0.29, 0.717) is 25.0 Å². The van der Waals surface area contributed by atoms with Gasteiger partial charge in [-0.2, -0.15) is 0 Å². The van der Waals surface area contributed by atoms with Crippen LogP contribution in [0.2, 0.25) is 0 Å². The average molecular weight is 592 g/mol. The average Bonchev–Trinajstić information content (AvgIpc) is 3.30. The summed E-state index contributed by atoms with van der Waals surface area (Å²) >= 11 is 0. The summed E-state index contributed by atoms with van der Waals surface area (Å²) in [6.07, 6.45) is -0.782. The molecule has 212 valence electrons. The fourth-order valence-electron chi connectivity index (χ4n) is 4.16. The number of amides is 1. The van der Waals surface area contributed by atoms with Crippen LogP contribution in [0, 0.1) is 11.6 Å². The zero-order valence-corrected chi connectivity index (χ0v) is 22.1. The quantitative estimate of drug-likeness (QED) is 0.330. The molecule has 2 fully saturated rings. The van der Waals surface area contributed by atoms with E-state index in [4.69, 9.17) is 18.5 Å². The Labute approximate surface area is 220 Å². The molecular weight excluding hydrogens is 568 g/mol. The van der Waals surface area contributed by atoms with Gasteiger partial charge in [0, 0.05) is 44.4 Å². The molecule has 1 amide bonds. The van der Waals surface area contributed by atoms with Gasteiger partial charge in [0.15, 0.2) is 0 Å². The summed E-state index contributed by atoms with van der Waals surface area (Å²) in [7, 11) is -11.0. The molecule has 0 saturated carbocycles. The highest BCUT2D eigenvalue weighted by atomic mass is 31.2. The predicted octanol–water partition coefficient (Wildman–Crippen LogP) is 3.19. The van der Waals surface area contributed by atoms with Gasteiger partial charge in [0.05, 0.1) is 11.6 Å². The second-order valence-electron chi connectivity index (χ2n) is 8.86. The molecule has 0 radical (unpaired) electrons. The van der Waals surface area contributed by atoms with Crippen molar-refractivity contribution in [1.82, 2.24) is 9.88 Å². The fourth-order valence-corrected chi connectivity index (χ4v) is 7.70. The minimum Gasteiger partial charge on any atom is -0.464 e. The van der Waals surface area contributed by atoms with Gasteiger partial charge in [0.2, 0.25) is 6.29 Å². The first-order valence-corrected chi connectivity index (χ1v) is 14.6. The Morgan fingerprint density at radius 1 is 1.21 bits per heavy atom. The monoisotopic (exact) mass is 592 g/mol. The molecule has 2 aromatic rings. The number of halogens is 2. The van der Waals surface area contributed by atoms with Crippen molar-refractivity contribution in [1.29, 1.82) is 0 Å². The van der Waals surface area contributed by atoms with E-state index in [2.05, 4.69) is 4.98 Å². The summed E-state index contributed by atoms with van der Waals surface area (Å²) in [5, 5.41) is 7.38. The summed E-state index contributed by atoms with van der Waals surface area (Å²) in [4.78, 5) is 49.4. The first kappa shape index (κ1) is 29.2. The lowest BCUT2D eigenvalue weighted by molar-refractivity contribution is -0.142. The van der Waals surface area contributed by atoms with Crippen LogP contribution in [-0.2, 0) is 34.1 Å². The van der Waals surface area contributed by atoms with Gasteiger partial charge in [0.1, 0.15) is 24.0 Å². The van der Waals surface area contributed by atoms with Crippen LogP contribution in [0.5, 0.6) is 5.75 Å². The van der Waals surface area contributed by atoms with Crippen molar-refractivity contribution in [2.45, 2.75) is 43.6 Å². The molecule has 4 rings (SSSR count). The number of ether oxygens (including phenoxy) is 2. The van der Waals surface area contributed by atoms with E-state index in [0.717, 1.165) is 6.20 Å². The number of carbonyl (C=O) groups excluding carboxylic acids is 2. The maximum Gasteiger partial charge on any atom is 0.415 e. The van der Waals surface area contributed by atoms with Crippen molar-refractivity contribution in [2.75, 3.05) is 13.2 Å². The standard InChI is InChI=1S/C22H24F2N2O11P2/c1-13(27)34-12-15-5-3-7-26(15)21(28)35-16-8-17(23)19(18(24)9-16)20-36-38(30,31)22(29,39(32,33)37-20)10-14-4-2-6-25-11-14/h2,4,6,8-9,11,15,20,29H,3,5,7,10,12H2,1H3,(H,30,31)(H,32,33)/t15-,20?,22?/m0/s1. The van der Waals surface area contributed by atoms with Crippen LogP contribution in [0.4, 0.5) is 13.6 Å². The molecule has 1 aromatic carbocycles. The topological polar surface area (TPSA) is 182 Å². The van der Waals surface area contributed by atoms with E-state index in [1.165, 1.54) is 30.2 Å². The first-order valence-electron chi connectivity index (χ1n) is 11.5. The number of hydrogen-bond acceptors (Lipinski definition) is 10. The van der Waals surface area contributed by atoms with E-state index in [-0.39, 0.29) is 18.7 Å². The highest BCUT2D eigenvalue weighted by Gasteiger charge is 2.67. The van der Waals surface area contributed by atoms with Crippen molar-refractivity contribution in [3.05, 3.63) is 59.4 Å². The Balaban J connectivity index is 1.54. The molecule has 17 heteroatoms. The third-order valence-corrected chi connectivity index (χ3v) is 10.7. The number of benzene rings is 1. The van der Waals surface area contributed by atoms with E-state index < -0.39 is 74.0 Å². The smallest absolute Gasteiger partial charge is 0.415 e. The van der Waals surface area contributed by atoms with Crippen molar-refractivity contribution >= 4 is 27.3 Å². The van der Waals surface area contributed by atoms with Crippen molar-refractivity contribution in [3.63, 3.8) is 0 Å². The summed E-state index contributed by atoms with van der Waals surface area (Å²) in [6, 6.07) is 3.33. The molecule has 2 aliphatic rings. The van der Waals surface area contributed by atoms with Gasteiger partial charge in [0.25, 0.3) is 5.08 Å². The number of pyridine rings is 1. The lowest BCUT2D eigenvalue weighted by Gasteiger charge is -2.41. The zero-order chi connectivity index (χ0) is 28.6. The normalized spacial score (nSPS) is 30.7. The van der Waals surface area contributed by atoms with E-state index >= 15 is 0 Å². The van der Waals surface area contributed by atoms with E-state index in [9.17, 15) is 42.4 Å². The number of aromatic nitrogens is 1. The molecule has 39 heavy (non-hydrogen) atoms. The summed E-state index contributed by atoms with van der Waals surface area (Å²) in [5.74, 6) is -4.14.